The van der Waals surface area contributed by atoms with E-state index in [2.05, 4.69) is 291 Å². The van der Waals surface area contributed by atoms with E-state index in [-0.39, 0.29) is 6.71 Å². The molecule has 0 amide bonds. The van der Waals surface area contributed by atoms with E-state index in [0.717, 1.165) is 22.7 Å². The number of benzene rings is 13. The Morgan fingerprint density at radius 1 is 0.215 bits per heavy atom. The van der Waals surface area contributed by atoms with Gasteiger partial charge in [-0.25, -0.2) is 0 Å². The normalized spacial score (nSPS) is 12.5. The van der Waals surface area contributed by atoms with Gasteiger partial charge in [0.05, 0.1) is 44.1 Å². The third-order valence-electron chi connectivity index (χ3n) is 17.6. The van der Waals surface area contributed by atoms with Crippen molar-refractivity contribution in [2.24, 2.45) is 0 Å². The minimum absolute atomic E-state index is 0.0354. The van der Waals surface area contributed by atoms with E-state index in [4.69, 9.17) is 0 Å². The van der Waals surface area contributed by atoms with Crippen molar-refractivity contribution >= 4 is 132 Å². The van der Waals surface area contributed by atoms with Gasteiger partial charge in [0.15, 0.2) is 0 Å². The highest BCUT2D eigenvalue weighted by Gasteiger charge is 2.35. The van der Waals surface area contributed by atoms with Gasteiger partial charge in [-0.05, 0) is 124 Å². The van der Waals surface area contributed by atoms with Crippen LogP contribution in [0.1, 0.15) is 0 Å². The molecular weight excluding hydrogens is 956 g/mol. The minimum atomic E-state index is 0.0354. The molecular formula is C74H45BN4. The molecule has 0 aliphatic carbocycles. The first-order valence-corrected chi connectivity index (χ1v) is 27.5. The number of hydrogen-bond acceptors (Lipinski definition) is 0. The van der Waals surface area contributed by atoms with Gasteiger partial charge in [0, 0.05) is 65.8 Å². The summed E-state index contributed by atoms with van der Waals surface area (Å²) in [5, 5.41) is 14.9. The molecule has 79 heavy (non-hydrogen) atoms. The van der Waals surface area contributed by atoms with Crippen LogP contribution in [0.4, 0.5) is 0 Å². The van der Waals surface area contributed by atoms with Crippen LogP contribution in [0.2, 0.25) is 0 Å². The van der Waals surface area contributed by atoms with E-state index >= 15 is 0 Å². The maximum atomic E-state index is 2.54. The van der Waals surface area contributed by atoms with Crippen LogP contribution in [0.25, 0.3) is 143 Å². The Hall–Kier alpha value is -10.4. The molecule has 0 unspecified atom stereocenters. The number of hydrogen-bond donors (Lipinski definition) is 0. The fourth-order valence-electron chi connectivity index (χ4n) is 14.4. The van der Waals surface area contributed by atoms with Crippen molar-refractivity contribution in [1.82, 2.24) is 18.3 Å². The van der Waals surface area contributed by atoms with E-state index in [9.17, 15) is 0 Å². The number of para-hydroxylation sites is 6. The zero-order valence-corrected chi connectivity index (χ0v) is 42.8. The summed E-state index contributed by atoms with van der Waals surface area (Å²) in [7, 11) is 0. The molecule has 0 atom stereocenters. The van der Waals surface area contributed by atoms with Gasteiger partial charge in [0.1, 0.15) is 0 Å². The number of fused-ring (bicyclic) bond motifs is 18. The van der Waals surface area contributed by atoms with Crippen molar-refractivity contribution in [2.45, 2.75) is 0 Å². The summed E-state index contributed by atoms with van der Waals surface area (Å²) in [6.07, 6.45) is 0. The first-order valence-electron chi connectivity index (χ1n) is 27.5. The maximum Gasteiger partial charge on any atom is 0.244 e. The van der Waals surface area contributed by atoms with Crippen LogP contribution >= 0.6 is 0 Å². The van der Waals surface area contributed by atoms with E-state index in [1.54, 1.807) is 0 Å². The van der Waals surface area contributed by atoms with Gasteiger partial charge < -0.3 is 18.3 Å². The van der Waals surface area contributed by atoms with Crippen molar-refractivity contribution in [3.05, 3.63) is 273 Å². The fourth-order valence-corrected chi connectivity index (χ4v) is 14.4. The molecule has 5 heteroatoms. The van der Waals surface area contributed by atoms with Crippen LogP contribution in [0, 0.1) is 0 Å². The molecule has 364 valence electrons. The Kier molecular flexibility index (Phi) is 8.72. The first kappa shape index (κ1) is 42.8. The lowest BCUT2D eigenvalue weighted by molar-refractivity contribution is 1.15. The van der Waals surface area contributed by atoms with Crippen LogP contribution in [-0.4, -0.2) is 25.0 Å². The van der Waals surface area contributed by atoms with Crippen molar-refractivity contribution < 1.29 is 0 Å². The molecule has 0 bridgehead atoms. The Balaban J connectivity index is 0.932. The van der Waals surface area contributed by atoms with Crippen molar-refractivity contribution in [3.63, 3.8) is 0 Å². The lowest BCUT2D eigenvalue weighted by Gasteiger charge is -2.20. The van der Waals surface area contributed by atoms with Gasteiger partial charge >= 0.3 is 0 Å². The average Bonchev–Trinajstić information content (AvgIpc) is 4.32. The van der Waals surface area contributed by atoms with Gasteiger partial charge in [-0.3, -0.25) is 0 Å². The number of rotatable bonds is 5. The minimum Gasteiger partial charge on any atom is -0.309 e. The van der Waals surface area contributed by atoms with E-state index in [1.807, 2.05) is 0 Å². The van der Waals surface area contributed by atoms with Crippen LogP contribution in [-0.2, 0) is 0 Å². The Morgan fingerprint density at radius 2 is 0.570 bits per heavy atom. The second kappa shape index (κ2) is 16.1. The molecule has 4 aromatic heterocycles. The Bertz CT molecular complexity index is 5400. The molecule has 18 rings (SSSR count). The standard InChI is InChI=1S/C74H45BN4/c1-3-19-48(20-4-1)76-66-31-15-11-27-58(66)62-45-71-63(44-70(62)76)59-28-12-16-32-67(59)77(71)50-35-37-52-46(42-50)41-47-43-51(36-38-53(47)72(52)75-64-29-13-7-23-54(64)55-24-8-14-30-65(55)75)79-69-34-18-10-26-57(69)61-40-39-60-56-25-9-17-33-68(56)78(73(60)74(61)79)49-21-5-2-6-22-49/h1-45H. The highest BCUT2D eigenvalue weighted by Crippen LogP contribution is 2.44. The zero-order valence-electron chi connectivity index (χ0n) is 42.8. The lowest BCUT2D eigenvalue weighted by Crippen LogP contribution is -2.49. The van der Waals surface area contributed by atoms with Gasteiger partial charge in [0.2, 0.25) is 6.71 Å². The molecule has 1 aliphatic heterocycles. The first-order chi connectivity index (χ1) is 39.2. The second-order valence-corrected chi connectivity index (χ2v) is 21.5. The Morgan fingerprint density at radius 3 is 1.06 bits per heavy atom. The number of nitrogens with zero attached hydrogens (tertiary/aromatic N) is 4. The summed E-state index contributed by atoms with van der Waals surface area (Å²) in [6, 6.07) is 102. The second-order valence-electron chi connectivity index (χ2n) is 21.5. The van der Waals surface area contributed by atoms with Crippen LogP contribution in [0.5, 0.6) is 0 Å². The summed E-state index contributed by atoms with van der Waals surface area (Å²) in [5.74, 6) is 0. The van der Waals surface area contributed by atoms with Gasteiger partial charge in [-0.15, -0.1) is 0 Å². The van der Waals surface area contributed by atoms with Crippen molar-refractivity contribution in [3.8, 4) is 33.9 Å². The summed E-state index contributed by atoms with van der Waals surface area (Å²) < 4.78 is 9.95. The molecule has 0 saturated heterocycles. The predicted molar refractivity (Wildman–Crippen MR) is 335 cm³/mol. The van der Waals surface area contributed by atoms with Crippen LogP contribution in [0.3, 0.4) is 0 Å². The Labute approximate surface area is 454 Å². The summed E-state index contributed by atoms with van der Waals surface area (Å²) in [6.45, 7) is 0.0354. The van der Waals surface area contributed by atoms with Gasteiger partial charge in [0.25, 0.3) is 0 Å². The lowest BCUT2D eigenvalue weighted by atomic mass is 9.37. The van der Waals surface area contributed by atoms with Crippen LogP contribution in [0.15, 0.2) is 273 Å². The highest BCUT2D eigenvalue weighted by atomic mass is 15.0. The highest BCUT2D eigenvalue weighted by molar-refractivity contribution is 7.01. The predicted octanol–water partition coefficient (Wildman–Crippen LogP) is 16.9. The van der Waals surface area contributed by atoms with E-state index in [0.29, 0.717) is 0 Å². The molecule has 0 spiro atoms. The smallest absolute Gasteiger partial charge is 0.244 e. The molecule has 0 fully saturated rings. The van der Waals surface area contributed by atoms with Gasteiger partial charge in [-0.2, -0.15) is 0 Å². The molecule has 0 radical (unpaired) electrons. The summed E-state index contributed by atoms with van der Waals surface area (Å²) in [5.41, 5.74) is 20.8. The molecule has 5 heterocycles. The molecule has 1 aliphatic rings. The van der Waals surface area contributed by atoms with Gasteiger partial charge in [-0.1, -0.05) is 198 Å². The fraction of sp³-hybridized carbons (Fsp3) is 0. The molecule has 0 N–H and O–H groups in total. The van der Waals surface area contributed by atoms with Crippen molar-refractivity contribution in [1.29, 1.82) is 0 Å². The summed E-state index contributed by atoms with van der Waals surface area (Å²) in [4.78, 5) is 0. The monoisotopic (exact) mass is 1000 g/mol. The SMILES string of the molecule is c1ccc(-n2c3ccccc3c3cc4c(cc32)c2ccccc2n4-c2ccc3c(B4c5ccccc5-c5ccccc54)c4ccc(-n5c6ccccc6c6ccc7c8ccccc8n(-c8ccccc8)c7c65)cc4cc3c2)cc1. The van der Waals surface area contributed by atoms with E-state index < -0.39 is 0 Å². The molecule has 4 nitrogen and oxygen atoms in total. The summed E-state index contributed by atoms with van der Waals surface area (Å²) >= 11 is 0. The third-order valence-corrected chi connectivity index (χ3v) is 17.6. The molecule has 17 aromatic rings. The zero-order chi connectivity index (χ0) is 51.4. The topological polar surface area (TPSA) is 19.7 Å². The largest absolute Gasteiger partial charge is 0.309 e. The van der Waals surface area contributed by atoms with Crippen molar-refractivity contribution in [2.75, 3.05) is 0 Å². The number of aromatic nitrogens is 4. The van der Waals surface area contributed by atoms with Crippen LogP contribution < -0.4 is 16.4 Å². The quantitative estimate of drug-likeness (QED) is 0.121. The molecule has 0 saturated carbocycles. The third kappa shape index (κ3) is 5.88. The maximum absolute atomic E-state index is 2.54. The van der Waals surface area contributed by atoms with E-state index in [1.165, 1.54) is 136 Å². The average molecular weight is 1000 g/mol. The molecule has 13 aromatic carbocycles.